The van der Waals surface area contributed by atoms with E-state index >= 15 is 0 Å². The summed E-state index contributed by atoms with van der Waals surface area (Å²) in [5.41, 5.74) is 0.772. The fraction of sp³-hybridized carbons (Fsp3) is 0.562. The molecule has 0 saturated heterocycles. The number of carbonyl (C=O) groups is 1. The van der Waals surface area contributed by atoms with E-state index < -0.39 is 6.10 Å². The first kappa shape index (κ1) is 18.0. The van der Waals surface area contributed by atoms with Gasteiger partial charge in [-0.05, 0) is 44.3 Å². The number of amides is 1. The van der Waals surface area contributed by atoms with E-state index in [0.717, 1.165) is 31.1 Å². The molecule has 1 aromatic carbocycles. The minimum absolute atomic E-state index is 0.125. The van der Waals surface area contributed by atoms with Crippen molar-refractivity contribution >= 4 is 23.4 Å². The van der Waals surface area contributed by atoms with Crippen molar-refractivity contribution in [1.82, 2.24) is 4.90 Å². The van der Waals surface area contributed by atoms with Gasteiger partial charge in [-0.3, -0.25) is 4.79 Å². The minimum atomic E-state index is -0.611. The lowest BCUT2D eigenvalue weighted by Gasteiger charge is -2.17. The molecular formula is C16H26N2O2S. The molecule has 0 bridgehead atoms. The highest BCUT2D eigenvalue weighted by molar-refractivity contribution is 7.99. The van der Waals surface area contributed by atoms with Gasteiger partial charge in [-0.25, -0.2) is 0 Å². The normalized spacial score (nSPS) is 12.4. The molecule has 0 saturated carbocycles. The van der Waals surface area contributed by atoms with Crippen LogP contribution in [0.2, 0.25) is 0 Å². The molecule has 0 aliphatic heterocycles. The quantitative estimate of drug-likeness (QED) is 0.689. The first-order valence-corrected chi connectivity index (χ1v) is 8.46. The van der Waals surface area contributed by atoms with Gasteiger partial charge in [-0.15, -0.1) is 11.8 Å². The zero-order valence-corrected chi connectivity index (χ0v) is 13.9. The molecule has 0 aromatic heterocycles. The van der Waals surface area contributed by atoms with Crippen molar-refractivity contribution in [2.24, 2.45) is 0 Å². The van der Waals surface area contributed by atoms with Crippen LogP contribution in [-0.2, 0) is 4.79 Å². The molecule has 1 unspecified atom stereocenters. The maximum Gasteiger partial charge on any atom is 0.226 e. The fourth-order valence-corrected chi connectivity index (χ4v) is 2.86. The van der Waals surface area contributed by atoms with Crippen molar-refractivity contribution in [3.05, 3.63) is 24.3 Å². The van der Waals surface area contributed by atoms with Gasteiger partial charge >= 0.3 is 0 Å². The van der Waals surface area contributed by atoms with Crippen molar-refractivity contribution in [3.63, 3.8) is 0 Å². The zero-order chi connectivity index (χ0) is 15.7. The lowest BCUT2D eigenvalue weighted by Crippen LogP contribution is -2.25. The zero-order valence-electron chi connectivity index (χ0n) is 13.1. The van der Waals surface area contributed by atoms with Gasteiger partial charge in [0.25, 0.3) is 0 Å². The summed E-state index contributed by atoms with van der Waals surface area (Å²) in [5.74, 6) is 0.905. The molecule has 1 aromatic rings. The van der Waals surface area contributed by atoms with E-state index in [9.17, 15) is 4.79 Å². The Morgan fingerprint density at radius 2 is 1.90 bits per heavy atom. The van der Waals surface area contributed by atoms with Crippen LogP contribution < -0.4 is 5.32 Å². The number of nitrogens with zero attached hydrogens (tertiary/aromatic N) is 1. The largest absolute Gasteiger partial charge is 0.393 e. The van der Waals surface area contributed by atoms with Crippen molar-refractivity contribution in [2.45, 2.75) is 38.2 Å². The summed E-state index contributed by atoms with van der Waals surface area (Å²) in [7, 11) is 0. The number of rotatable bonds is 9. The molecule has 0 aliphatic rings. The highest BCUT2D eigenvalue weighted by atomic mass is 32.2. The number of thioether (sulfide) groups is 1. The van der Waals surface area contributed by atoms with Gasteiger partial charge in [-0.1, -0.05) is 13.8 Å². The topological polar surface area (TPSA) is 52.6 Å². The maximum absolute atomic E-state index is 11.5. The summed E-state index contributed by atoms with van der Waals surface area (Å²) in [4.78, 5) is 15.1. The van der Waals surface area contributed by atoms with Crippen LogP contribution in [0.15, 0.2) is 29.2 Å². The number of aliphatic hydroxyl groups excluding tert-OH is 1. The Bertz CT molecular complexity index is 417. The lowest BCUT2D eigenvalue weighted by molar-refractivity contribution is -0.117. The molecule has 0 aliphatic carbocycles. The van der Waals surface area contributed by atoms with Crippen LogP contribution in [0.5, 0.6) is 0 Å². The predicted octanol–water partition coefficient (Wildman–Crippen LogP) is 2.83. The highest BCUT2D eigenvalue weighted by Gasteiger charge is 2.06. The molecule has 2 N–H and O–H groups in total. The monoisotopic (exact) mass is 310 g/mol. The lowest BCUT2D eigenvalue weighted by atomic mass is 10.2. The van der Waals surface area contributed by atoms with Gasteiger partial charge in [0, 0.05) is 22.9 Å². The van der Waals surface area contributed by atoms with Gasteiger partial charge in [0.1, 0.15) is 0 Å². The molecule has 118 valence electrons. The number of benzene rings is 1. The summed E-state index contributed by atoms with van der Waals surface area (Å²) in [6.07, 6.45) is -0.486. The molecule has 1 rings (SSSR count). The standard InChI is InChI=1S/C16H26N2O2S/c1-4-18(5-2)10-11-21-15-8-6-14(7-9-15)17-16(20)12-13(3)19/h6-9,13,19H,4-5,10-12H2,1-3H3,(H,17,20). The molecule has 1 amide bonds. The van der Waals surface area contributed by atoms with Gasteiger partial charge in [0.2, 0.25) is 5.91 Å². The Balaban J connectivity index is 2.38. The Labute approximate surface area is 131 Å². The smallest absolute Gasteiger partial charge is 0.226 e. The van der Waals surface area contributed by atoms with E-state index in [4.69, 9.17) is 5.11 Å². The second-order valence-corrected chi connectivity index (χ2v) is 6.17. The Kier molecular flexibility index (Phi) is 8.42. The van der Waals surface area contributed by atoms with Crippen LogP contribution in [0.25, 0.3) is 0 Å². The van der Waals surface area contributed by atoms with E-state index in [2.05, 4.69) is 24.1 Å². The maximum atomic E-state index is 11.5. The minimum Gasteiger partial charge on any atom is -0.393 e. The van der Waals surface area contributed by atoms with Crippen molar-refractivity contribution < 1.29 is 9.90 Å². The second kappa shape index (κ2) is 9.82. The molecule has 0 heterocycles. The summed E-state index contributed by atoms with van der Waals surface area (Å²) < 4.78 is 0. The SMILES string of the molecule is CCN(CC)CCSc1ccc(NC(=O)CC(C)O)cc1. The number of nitrogens with one attached hydrogen (secondary N) is 1. The number of carbonyl (C=O) groups excluding carboxylic acids is 1. The van der Waals surface area contributed by atoms with Crippen molar-refractivity contribution in [3.8, 4) is 0 Å². The van der Waals surface area contributed by atoms with Crippen LogP contribution in [0, 0.1) is 0 Å². The van der Waals surface area contributed by atoms with E-state index in [1.54, 1.807) is 6.92 Å². The van der Waals surface area contributed by atoms with Gasteiger partial charge in [0.15, 0.2) is 0 Å². The molecule has 1 atom stereocenters. The highest BCUT2D eigenvalue weighted by Crippen LogP contribution is 2.20. The Morgan fingerprint density at radius 1 is 1.29 bits per heavy atom. The Hall–Kier alpha value is -1.04. The van der Waals surface area contributed by atoms with E-state index in [-0.39, 0.29) is 12.3 Å². The molecule has 0 spiro atoms. The molecular weight excluding hydrogens is 284 g/mol. The van der Waals surface area contributed by atoms with Crippen LogP contribution in [0.1, 0.15) is 27.2 Å². The van der Waals surface area contributed by atoms with Crippen LogP contribution in [0.4, 0.5) is 5.69 Å². The summed E-state index contributed by atoms with van der Waals surface area (Å²) >= 11 is 1.82. The number of anilines is 1. The van der Waals surface area contributed by atoms with Crippen molar-refractivity contribution in [2.75, 3.05) is 30.7 Å². The third-order valence-electron chi connectivity index (χ3n) is 3.19. The van der Waals surface area contributed by atoms with E-state index in [0.29, 0.717) is 0 Å². The first-order valence-electron chi connectivity index (χ1n) is 7.48. The second-order valence-electron chi connectivity index (χ2n) is 5.00. The molecule has 5 heteroatoms. The van der Waals surface area contributed by atoms with E-state index in [1.807, 2.05) is 36.0 Å². The molecule has 4 nitrogen and oxygen atoms in total. The van der Waals surface area contributed by atoms with Crippen LogP contribution >= 0.6 is 11.8 Å². The first-order chi connectivity index (χ1) is 10.0. The summed E-state index contributed by atoms with van der Waals surface area (Å²) in [6.45, 7) is 9.23. The van der Waals surface area contributed by atoms with Gasteiger partial charge in [0.05, 0.1) is 12.5 Å². The fourth-order valence-electron chi connectivity index (χ4n) is 1.95. The molecule has 0 fully saturated rings. The average molecular weight is 310 g/mol. The number of hydrogen-bond acceptors (Lipinski definition) is 4. The van der Waals surface area contributed by atoms with Gasteiger partial charge < -0.3 is 15.3 Å². The van der Waals surface area contributed by atoms with Crippen LogP contribution in [0.3, 0.4) is 0 Å². The number of aliphatic hydroxyl groups is 1. The molecule has 21 heavy (non-hydrogen) atoms. The average Bonchev–Trinajstić information content (AvgIpc) is 2.44. The van der Waals surface area contributed by atoms with Gasteiger partial charge in [-0.2, -0.15) is 0 Å². The Morgan fingerprint density at radius 3 is 2.43 bits per heavy atom. The van der Waals surface area contributed by atoms with E-state index in [1.165, 1.54) is 4.90 Å². The number of hydrogen-bond donors (Lipinski definition) is 2. The third-order valence-corrected chi connectivity index (χ3v) is 4.18. The summed E-state index contributed by atoms with van der Waals surface area (Å²) in [5, 5.41) is 11.9. The van der Waals surface area contributed by atoms with Crippen molar-refractivity contribution in [1.29, 1.82) is 0 Å². The molecule has 0 radical (unpaired) electrons. The summed E-state index contributed by atoms with van der Waals surface area (Å²) in [6, 6.07) is 7.84. The van der Waals surface area contributed by atoms with Crippen LogP contribution in [-0.4, -0.2) is 47.4 Å². The predicted molar refractivity (Wildman–Crippen MR) is 89.9 cm³/mol. The third kappa shape index (κ3) is 7.50.